The Bertz CT molecular complexity index is 2920. The Hall–Kier alpha value is -7.17. The van der Waals surface area contributed by atoms with Gasteiger partial charge >= 0.3 is 0 Å². The molecule has 10 aromatic rings. The summed E-state index contributed by atoms with van der Waals surface area (Å²) in [5.74, 6) is 1.81. The van der Waals surface area contributed by atoms with Crippen molar-refractivity contribution in [3.05, 3.63) is 188 Å². The average molecular weight is 678 g/mol. The minimum Gasteiger partial charge on any atom is -0.456 e. The predicted molar refractivity (Wildman–Crippen MR) is 217 cm³/mol. The first-order chi connectivity index (χ1) is 26.3. The molecule has 8 aromatic carbocycles. The molecule has 0 atom stereocenters. The van der Waals surface area contributed by atoms with E-state index >= 15 is 0 Å². The van der Waals surface area contributed by atoms with E-state index in [4.69, 9.17) is 19.4 Å². The number of fused-ring (bicyclic) bond motifs is 4. The van der Waals surface area contributed by atoms with E-state index in [0.717, 1.165) is 71.7 Å². The monoisotopic (exact) mass is 677 g/mol. The summed E-state index contributed by atoms with van der Waals surface area (Å²) >= 11 is 0. The largest absolute Gasteiger partial charge is 0.456 e. The maximum Gasteiger partial charge on any atom is 0.165 e. The van der Waals surface area contributed by atoms with Crippen LogP contribution in [0, 0.1) is 0 Å². The van der Waals surface area contributed by atoms with Crippen LogP contribution >= 0.6 is 0 Å². The second-order valence-corrected chi connectivity index (χ2v) is 13.1. The summed E-state index contributed by atoms with van der Waals surface area (Å²) in [6.45, 7) is 0. The molecular weight excluding hydrogens is 647 g/mol. The Balaban J connectivity index is 1.25. The van der Waals surface area contributed by atoms with E-state index in [2.05, 4.69) is 146 Å². The van der Waals surface area contributed by atoms with Crippen molar-refractivity contribution >= 4 is 32.7 Å². The smallest absolute Gasteiger partial charge is 0.165 e. The molecule has 0 spiro atoms. The van der Waals surface area contributed by atoms with Crippen LogP contribution in [0.1, 0.15) is 0 Å². The average Bonchev–Trinajstić information content (AvgIpc) is 3.63. The first-order valence-electron chi connectivity index (χ1n) is 17.8. The van der Waals surface area contributed by atoms with Crippen molar-refractivity contribution in [3.8, 4) is 67.5 Å². The lowest BCUT2D eigenvalue weighted by Gasteiger charge is -2.15. The van der Waals surface area contributed by atoms with Crippen molar-refractivity contribution in [1.29, 1.82) is 0 Å². The number of benzene rings is 8. The molecule has 0 unspecified atom stereocenters. The zero-order chi connectivity index (χ0) is 35.1. The Morgan fingerprint density at radius 2 is 0.755 bits per heavy atom. The van der Waals surface area contributed by atoms with Crippen LogP contribution < -0.4 is 0 Å². The van der Waals surface area contributed by atoms with Crippen LogP contribution in [0.4, 0.5) is 0 Å². The Labute approximate surface area is 306 Å². The molecule has 248 valence electrons. The van der Waals surface area contributed by atoms with Crippen molar-refractivity contribution < 1.29 is 4.42 Å². The third-order valence-electron chi connectivity index (χ3n) is 9.99. The number of furan rings is 1. The van der Waals surface area contributed by atoms with Crippen molar-refractivity contribution in [3.63, 3.8) is 0 Å². The maximum absolute atomic E-state index is 6.45. The summed E-state index contributed by atoms with van der Waals surface area (Å²) in [7, 11) is 0. The van der Waals surface area contributed by atoms with Gasteiger partial charge in [-0.05, 0) is 68.4 Å². The Kier molecular flexibility index (Phi) is 7.43. The number of para-hydroxylation sites is 1. The van der Waals surface area contributed by atoms with E-state index in [-0.39, 0.29) is 0 Å². The molecule has 10 rings (SSSR count). The Morgan fingerprint density at radius 1 is 0.283 bits per heavy atom. The fourth-order valence-electron chi connectivity index (χ4n) is 7.45. The van der Waals surface area contributed by atoms with Crippen molar-refractivity contribution in [2.45, 2.75) is 0 Å². The number of hydrogen-bond acceptors (Lipinski definition) is 4. The standard InChI is InChI=1S/C49H31N3O/c1-4-14-32(15-5-1)33-24-26-35(27-25-33)38-30-31-44-45(42-22-12-13-23-43(42)53-44)46(38)49-51-47(36-18-8-3-9-19-36)50-48(52-49)41-29-28-37(34-16-6-2-7-17-34)39-20-10-11-21-40(39)41/h1-31H. The van der Waals surface area contributed by atoms with Crippen LogP contribution in [0.3, 0.4) is 0 Å². The highest BCUT2D eigenvalue weighted by atomic mass is 16.3. The van der Waals surface area contributed by atoms with Gasteiger partial charge in [0.25, 0.3) is 0 Å². The maximum atomic E-state index is 6.45. The summed E-state index contributed by atoms with van der Waals surface area (Å²) in [5, 5.41) is 4.21. The van der Waals surface area contributed by atoms with E-state index in [0.29, 0.717) is 17.5 Å². The highest BCUT2D eigenvalue weighted by Gasteiger charge is 2.23. The third kappa shape index (κ3) is 5.45. The lowest BCUT2D eigenvalue weighted by Crippen LogP contribution is -2.02. The molecule has 4 nitrogen and oxygen atoms in total. The van der Waals surface area contributed by atoms with Gasteiger partial charge in [0, 0.05) is 27.5 Å². The van der Waals surface area contributed by atoms with Crippen molar-refractivity contribution in [2.75, 3.05) is 0 Å². The van der Waals surface area contributed by atoms with Crippen LogP contribution in [-0.4, -0.2) is 15.0 Å². The number of rotatable bonds is 6. The molecule has 0 aliphatic heterocycles. The molecule has 53 heavy (non-hydrogen) atoms. The summed E-state index contributed by atoms with van der Waals surface area (Å²) < 4.78 is 6.45. The SMILES string of the molecule is c1ccc(-c2ccc(-c3ccc4oc5ccccc5c4c3-c3nc(-c4ccccc4)nc(-c4ccc(-c5ccccc5)c5ccccc45)n3)cc2)cc1. The van der Waals surface area contributed by atoms with Crippen LogP contribution in [0.25, 0.3) is 100 Å². The first-order valence-corrected chi connectivity index (χ1v) is 17.8. The van der Waals surface area contributed by atoms with E-state index in [1.807, 2.05) is 42.5 Å². The summed E-state index contributed by atoms with van der Waals surface area (Å²) in [6.07, 6.45) is 0. The lowest BCUT2D eigenvalue weighted by molar-refractivity contribution is 0.669. The molecule has 0 aliphatic carbocycles. The van der Waals surface area contributed by atoms with Gasteiger partial charge in [0.05, 0.1) is 0 Å². The second-order valence-electron chi connectivity index (χ2n) is 13.1. The minimum absolute atomic E-state index is 0.587. The molecule has 2 aromatic heterocycles. The van der Waals surface area contributed by atoms with Crippen LogP contribution in [0.2, 0.25) is 0 Å². The molecule has 0 amide bonds. The van der Waals surface area contributed by atoms with Gasteiger partial charge in [-0.3, -0.25) is 0 Å². The molecule has 2 heterocycles. The van der Waals surface area contributed by atoms with E-state index < -0.39 is 0 Å². The van der Waals surface area contributed by atoms with Gasteiger partial charge in [-0.15, -0.1) is 0 Å². The molecule has 0 saturated carbocycles. The second kappa shape index (κ2) is 12.9. The molecule has 0 fully saturated rings. The van der Waals surface area contributed by atoms with E-state index in [9.17, 15) is 0 Å². The van der Waals surface area contributed by atoms with Crippen LogP contribution in [-0.2, 0) is 0 Å². The summed E-state index contributed by atoms with van der Waals surface area (Å²) in [4.78, 5) is 15.8. The molecule has 4 heteroatoms. The lowest BCUT2D eigenvalue weighted by atomic mass is 9.93. The molecule has 0 aliphatic rings. The van der Waals surface area contributed by atoms with E-state index in [1.165, 1.54) is 11.1 Å². The highest BCUT2D eigenvalue weighted by Crippen LogP contribution is 2.43. The van der Waals surface area contributed by atoms with Gasteiger partial charge in [0.1, 0.15) is 11.2 Å². The van der Waals surface area contributed by atoms with Gasteiger partial charge in [-0.2, -0.15) is 0 Å². The number of nitrogens with zero attached hydrogens (tertiary/aromatic N) is 3. The molecular formula is C49H31N3O. The molecule has 0 N–H and O–H groups in total. The van der Waals surface area contributed by atoms with Gasteiger partial charge in [0.2, 0.25) is 0 Å². The first kappa shape index (κ1) is 30.6. The van der Waals surface area contributed by atoms with Crippen molar-refractivity contribution in [2.24, 2.45) is 0 Å². The molecule has 0 radical (unpaired) electrons. The topological polar surface area (TPSA) is 51.8 Å². The molecule has 0 saturated heterocycles. The van der Waals surface area contributed by atoms with Gasteiger partial charge in [-0.25, -0.2) is 15.0 Å². The van der Waals surface area contributed by atoms with Gasteiger partial charge in [0.15, 0.2) is 17.5 Å². The molecule has 0 bridgehead atoms. The van der Waals surface area contributed by atoms with Crippen LogP contribution in [0.5, 0.6) is 0 Å². The highest BCUT2D eigenvalue weighted by molar-refractivity contribution is 6.15. The Morgan fingerprint density at radius 3 is 1.47 bits per heavy atom. The van der Waals surface area contributed by atoms with Gasteiger partial charge < -0.3 is 4.42 Å². The fourth-order valence-corrected chi connectivity index (χ4v) is 7.45. The quantitative estimate of drug-likeness (QED) is 0.176. The summed E-state index contributed by atoms with van der Waals surface area (Å²) in [6, 6.07) is 65.1. The fraction of sp³-hybridized carbons (Fsp3) is 0. The van der Waals surface area contributed by atoms with Gasteiger partial charge in [-0.1, -0.05) is 164 Å². The predicted octanol–water partition coefficient (Wildman–Crippen LogP) is 12.9. The van der Waals surface area contributed by atoms with Crippen molar-refractivity contribution in [1.82, 2.24) is 15.0 Å². The zero-order valence-electron chi connectivity index (χ0n) is 28.6. The minimum atomic E-state index is 0.587. The zero-order valence-corrected chi connectivity index (χ0v) is 28.6. The number of hydrogen-bond donors (Lipinski definition) is 0. The van der Waals surface area contributed by atoms with E-state index in [1.54, 1.807) is 0 Å². The normalized spacial score (nSPS) is 11.4. The summed E-state index contributed by atoms with van der Waals surface area (Å²) in [5.41, 5.74) is 11.1. The number of aromatic nitrogens is 3. The van der Waals surface area contributed by atoms with Crippen LogP contribution in [0.15, 0.2) is 192 Å². The third-order valence-corrected chi connectivity index (χ3v) is 9.99.